The van der Waals surface area contributed by atoms with Crippen LogP contribution in [0.2, 0.25) is 0 Å². The average Bonchev–Trinajstić information content (AvgIpc) is 3.69. The lowest BCUT2D eigenvalue weighted by Crippen LogP contribution is -2.49. The van der Waals surface area contributed by atoms with Crippen LogP contribution in [0.5, 0.6) is 0 Å². The van der Waals surface area contributed by atoms with Crippen LogP contribution in [-0.4, -0.2) is 57.1 Å². The number of carbonyl (C=O) groups is 2. The van der Waals surface area contributed by atoms with E-state index in [-0.39, 0.29) is 24.1 Å². The average molecular weight is 532 g/mol. The zero-order valence-corrected chi connectivity index (χ0v) is 24.2. The second-order valence-corrected chi connectivity index (χ2v) is 11.6. The molecule has 0 radical (unpaired) electrons. The van der Waals surface area contributed by atoms with E-state index >= 15 is 0 Å². The highest BCUT2D eigenvalue weighted by molar-refractivity contribution is 5.96. The summed E-state index contributed by atoms with van der Waals surface area (Å²) < 4.78 is 5.63. The van der Waals surface area contributed by atoms with Crippen molar-refractivity contribution < 1.29 is 14.3 Å². The molecule has 1 fully saturated rings. The molecule has 4 rings (SSSR count). The number of fused-ring (bicyclic) bond motifs is 1. The van der Waals surface area contributed by atoms with Gasteiger partial charge in [-0.3, -0.25) is 4.79 Å². The number of hydrogen-bond donors (Lipinski definition) is 2. The minimum atomic E-state index is -0.553. The Balaban J connectivity index is 1.50. The maximum Gasteiger partial charge on any atom is 0.410 e. The molecule has 3 aromatic rings. The summed E-state index contributed by atoms with van der Waals surface area (Å²) in [5.74, 6) is 0.483. The Labute approximate surface area is 231 Å². The molecular formula is C31H41N5O3. The summed E-state index contributed by atoms with van der Waals surface area (Å²) in [6.07, 6.45) is 4.44. The van der Waals surface area contributed by atoms with Gasteiger partial charge in [0.1, 0.15) is 5.60 Å². The molecule has 2 amide bonds. The molecule has 2 aromatic carbocycles. The molecule has 2 atom stereocenters. The summed E-state index contributed by atoms with van der Waals surface area (Å²) in [4.78, 5) is 36.5. The Morgan fingerprint density at radius 1 is 1.13 bits per heavy atom. The van der Waals surface area contributed by atoms with Gasteiger partial charge >= 0.3 is 6.09 Å². The number of carbonyl (C=O) groups excluding carboxylic acids is 2. The number of amides is 2. The van der Waals surface area contributed by atoms with E-state index in [1.807, 2.05) is 85.0 Å². The van der Waals surface area contributed by atoms with Gasteiger partial charge < -0.3 is 20.3 Å². The minimum Gasteiger partial charge on any atom is -0.444 e. The normalized spacial score (nSPS) is 14.9. The van der Waals surface area contributed by atoms with Gasteiger partial charge in [-0.2, -0.15) is 0 Å². The Hall–Kier alpha value is -3.68. The lowest BCUT2D eigenvalue weighted by molar-refractivity contribution is 0.0163. The van der Waals surface area contributed by atoms with E-state index in [1.54, 1.807) is 4.90 Å². The number of rotatable bonds is 9. The first-order valence-corrected chi connectivity index (χ1v) is 13.9. The highest BCUT2D eigenvalue weighted by Gasteiger charge is 2.29. The third kappa shape index (κ3) is 7.25. The largest absolute Gasteiger partial charge is 0.444 e. The van der Waals surface area contributed by atoms with Gasteiger partial charge in [0.05, 0.1) is 11.6 Å². The van der Waals surface area contributed by atoms with Crippen LogP contribution >= 0.6 is 0 Å². The summed E-state index contributed by atoms with van der Waals surface area (Å²) in [7, 11) is 0. The standard InChI is InChI=1S/C31H41N5O3/c1-8-15-36(30(38)39-31(5,6)7)21(4)20(3)33-29-32-18-24-16-22(11-14-27(24)35-29)26-17-23(10-9-19(26)2)28(37)34-25-12-13-25/h9-11,14,16-18,20-21,25H,8,12-13,15H2,1-7H3,(H,34,37)(H,32,33,35). The molecule has 1 heterocycles. The quantitative estimate of drug-likeness (QED) is 0.335. The molecule has 8 heteroatoms. The maximum absolute atomic E-state index is 12.8. The summed E-state index contributed by atoms with van der Waals surface area (Å²) >= 11 is 0. The number of nitrogens with zero attached hydrogens (tertiary/aromatic N) is 3. The molecule has 1 aliphatic rings. The van der Waals surface area contributed by atoms with Crippen molar-refractivity contribution in [2.24, 2.45) is 0 Å². The number of aromatic nitrogens is 2. The summed E-state index contributed by atoms with van der Waals surface area (Å²) in [5, 5.41) is 7.34. The van der Waals surface area contributed by atoms with Crippen LogP contribution in [0.25, 0.3) is 22.0 Å². The zero-order chi connectivity index (χ0) is 28.3. The SMILES string of the molecule is CCCN(C(=O)OC(C)(C)C)C(C)C(C)Nc1ncc2cc(-c3cc(C(=O)NC4CC4)ccc3C)ccc2n1. The van der Waals surface area contributed by atoms with Crippen LogP contribution in [-0.2, 0) is 4.74 Å². The Morgan fingerprint density at radius 2 is 1.87 bits per heavy atom. The minimum absolute atomic E-state index is 0.0221. The number of ether oxygens (including phenoxy) is 1. The van der Waals surface area contributed by atoms with Gasteiger partial charge in [0.2, 0.25) is 5.95 Å². The van der Waals surface area contributed by atoms with Gasteiger partial charge in [0.15, 0.2) is 0 Å². The number of hydrogen-bond acceptors (Lipinski definition) is 6. The van der Waals surface area contributed by atoms with Crippen molar-refractivity contribution in [3.05, 3.63) is 53.7 Å². The van der Waals surface area contributed by atoms with E-state index < -0.39 is 5.60 Å². The molecule has 1 saturated carbocycles. The van der Waals surface area contributed by atoms with Crippen molar-refractivity contribution in [3.63, 3.8) is 0 Å². The summed E-state index contributed by atoms with van der Waals surface area (Å²) in [5.41, 5.74) is 4.06. The molecule has 2 N–H and O–H groups in total. The first-order valence-electron chi connectivity index (χ1n) is 13.9. The van der Waals surface area contributed by atoms with Crippen LogP contribution in [0.4, 0.5) is 10.7 Å². The second kappa shape index (κ2) is 11.6. The first kappa shape index (κ1) is 28.3. The van der Waals surface area contributed by atoms with E-state index in [2.05, 4.69) is 21.7 Å². The van der Waals surface area contributed by atoms with Gasteiger partial charge in [-0.15, -0.1) is 0 Å². The molecule has 208 valence electrons. The molecule has 1 aliphatic carbocycles. The van der Waals surface area contributed by atoms with Crippen LogP contribution in [0.1, 0.15) is 76.7 Å². The van der Waals surface area contributed by atoms with Crippen molar-refractivity contribution in [2.75, 3.05) is 11.9 Å². The fraction of sp³-hybridized carbons (Fsp3) is 0.484. The third-order valence-corrected chi connectivity index (χ3v) is 6.97. The Kier molecular flexibility index (Phi) is 8.42. The Bertz CT molecular complexity index is 1350. The van der Waals surface area contributed by atoms with Crippen LogP contribution in [0.3, 0.4) is 0 Å². The van der Waals surface area contributed by atoms with Gasteiger partial charge in [-0.05, 0) is 102 Å². The van der Waals surface area contributed by atoms with E-state index in [4.69, 9.17) is 9.72 Å². The molecule has 39 heavy (non-hydrogen) atoms. The van der Waals surface area contributed by atoms with E-state index in [0.717, 1.165) is 46.9 Å². The van der Waals surface area contributed by atoms with E-state index in [9.17, 15) is 9.59 Å². The number of nitrogens with one attached hydrogen (secondary N) is 2. The fourth-order valence-electron chi connectivity index (χ4n) is 4.46. The van der Waals surface area contributed by atoms with Crippen LogP contribution in [0.15, 0.2) is 42.6 Å². The van der Waals surface area contributed by atoms with E-state index in [1.165, 1.54) is 0 Å². The zero-order valence-electron chi connectivity index (χ0n) is 24.2. The highest BCUT2D eigenvalue weighted by atomic mass is 16.6. The lowest BCUT2D eigenvalue weighted by Gasteiger charge is -2.34. The van der Waals surface area contributed by atoms with Crippen molar-refractivity contribution in [1.29, 1.82) is 0 Å². The predicted molar refractivity (Wildman–Crippen MR) is 156 cm³/mol. The maximum atomic E-state index is 12.8. The molecule has 0 spiro atoms. The monoisotopic (exact) mass is 531 g/mol. The summed E-state index contributed by atoms with van der Waals surface area (Å²) in [6, 6.07) is 12.0. The van der Waals surface area contributed by atoms with Gasteiger partial charge in [-0.25, -0.2) is 14.8 Å². The number of aryl methyl sites for hydroxylation is 1. The second-order valence-electron chi connectivity index (χ2n) is 11.6. The molecule has 0 aliphatic heterocycles. The first-order chi connectivity index (χ1) is 18.4. The van der Waals surface area contributed by atoms with Crippen molar-refractivity contribution in [1.82, 2.24) is 20.2 Å². The van der Waals surface area contributed by atoms with Crippen molar-refractivity contribution in [3.8, 4) is 11.1 Å². The van der Waals surface area contributed by atoms with Gasteiger partial charge in [0, 0.05) is 35.8 Å². The smallest absolute Gasteiger partial charge is 0.410 e. The van der Waals surface area contributed by atoms with Crippen molar-refractivity contribution >= 4 is 28.9 Å². The predicted octanol–water partition coefficient (Wildman–Crippen LogP) is 6.33. The number of benzene rings is 2. The molecular weight excluding hydrogens is 490 g/mol. The van der Waals surface area contributed by atoms with Crippen LogP contribution < -0.4 is 10.6 Å². The van der Waals surface area contributed by atoms with Gasteiger partial charge in [-0.1, -0.05) is 19.1 Å². The molecule has 2 unspecified atom stereocenters. The molecule has 0 bridgehead atoms. The fourth-order valence-corrected chi connectivity index (χ4v) is 4.46. The highest BCUT2D eigenvalue weighted by Crippen LogP contribution is 2.28. The van der Waals surface area contributed by atoms with Gasteiger partial charge in [0.25, 0.3) is 5.91 Å². The molecule has 0 saturated heterocycles. The lowest BCUT2D eigenvalue weighted by atomic mass is 9.97. The van der Waals surface area contributed by atoms with E-state index in [0.29, 0.717) is 24.1 Å². The molecule has 1 aromatic heterocycles. The topological polar surface area (TPSA) is 96.5 Å². The number of anilines is 1. The third-order valence-electron chi connectivity index (χ3n) is 6.97. The van der Waals surface area contributed by atoms with Crippen molar-refractivity contribution in [2.45, 2.75) is 91.5 Å². The summed E-state index contributed by atoms with van der Waals surface area (Å²) in [6.45, 7) is 14.3. The molecule has 8 nitrogen and oxygen atoms in total. The van der Waals surface area contributed by atoms with Crippen LogP contribution in [0, 0.1) is 6.92 Å². The Morgan fingerprint density at radius 3 is 2.54 bits per heavy atom.